The van der Waals surface area contributed by atoms with Crippen LogP contribution in [0.2, 0.25) is 0 Å². The zero-order valence-electron chi connectivity index (χ0n) is 10.4. The molecule has 2 nitrogen and oxygen atoms in total. The lowest BCUT2D eigenvalue weighted by Gasteiger charge is -2.12. The molecule has 0 amide bonds. The van der Waals surface area contributed by atoms with Gasteiger partial charge in [0.1, 0.15) is 0 Å². The highest BCUT2D eigenvalue weighted by atomic mass is 32.2. The van der Waals surface area contributed by atoms with E-state index in [-0.39, 0.29) is 6.04 Å². The van der Waals surface area contributed by atoms with Gasteiger partial charge >= 0.3 is 0 Å². The average molecular weight is 259 g/mol. The molecule has 94 valence electrons. The number of hydrogen-bond acceptors (Lipinski definition) is 2. The fourth-order valence-corrected chi connectivity index (χ4v) is 3.22. The smallest absolute Gasteiger partial charge is 0.0551 e. The maximum absolute atomic E-state index is 12.3. The average Bonchev–Trinajstić information content (AvgIpc) is 2.40. The molecule has 2 rings (SSSR count). The van der Waals surface area contributed by atoms with E-state index < -0.39 is 10.8 Å². The Kier molecular flexibility index (Phi) is 4.28. The van der Waals surface area contributed by atoms with Crippen molar-refractivity contribution in [1.82, 2.24) is 0 Å². The van der Waals surface area contributed by atoms with E-state index in [0.717, 1.165) is 16.0 Å². The summed E-state index contributed by atoms with van der Waals surface area (Å²) in [5.74, 6) is 0.453. The zero-order chi connectivity index (χ0) is 13.0. The predicted octanol–water partition coefficient (Wildman–Crippen LogP) is 2.80. The second-order valence-corrected chi connectivity index (χ2v) is 5.76. The lowest BCUT2D eigenvalue weighted by molar-refractivity contribution is 0.675. The molecule has 0 aliphatic heterocycles. The maximum atomic E-state index is 12.3. The SMILES string of the molecule is Cc1ccccc1S(=O)CC(N)c1ccccc1. The normalized spacial score (nSPS) is 14.1. The van der Waals surface area contributed by atoms with Crippen LogP contribution in [0.5, 0.6) is 0 Å². The standard InChI is InChI=1S/C15H17NOS/c1-12-7-5-6-10-15(12)18(17)11-14(16)13-8-3-2-4-9-13/h2-10,14H,11,16H2,1H3. The van der Waals surface area contributed by atoms with Crippen molar-refractivity contribution in [2.24, 2.45) is 5.73 Å². The molecule has 0 aromatic heterocycles. The first kappa shape index (κ1) is 13.0. The van der Waals surface area contributed by atoms with Gasteiger partial charge in [0.05, 0.1) is 10.8 Å². The summed E-state index contributed by atoms with van der Waals surface area (Å²) in [7, 11) is -1.05. The summed E-state index contributed by atoms with van der Waals surface area (Å²) in [6.07, 6.45) is 0. The summed E-state index contributed by atoms with van der Waals surface area (Å²) in [6, 6.07) is 17.4. The Morgan fingerprint density at radius 1 is 1.06 bits per heavy atom. The van der Waals surface area contributed by atoms with Gasteiger partial charge in [0.25, 0.3) is 0 Å². The van der Waals surface area contributed by atoms with Gasteiger partial charge in [-0.1, -0.05) is 48.5 Å². The minimum Gasteiger partial charge on any atom is -0.323 e. The van der Waals surface area contributed by atoms with Crippen molar-refractivity contribution in [2.45, 2.75) is 17.9 Å². The fourth-order valence-electron chi connectivity index (χ4n) is 1.86. The van der Waals surface area contributed by atoms with Gasteiger partial charge in [0.15, 0.2) is 0 Å². The summed E-state index contributed by atoms with van der Waals surface area (Å²) >= 11 is 0. The van der Waals surface area contributed by atoms with Gasteiger partial charge in [0.2, 0.25) is 0 Å². The maximum Gasteiger partial charge on any atom is 0.0551 e. The highest BCUT2D eigenvalue weighted by molar-refractivity contribution is 7.85. The number of nitrogens with two attached hydrogens (primary N) is 1. The topological polar surface area (TPSA) is 43.1 Å². The van der Waals surface area contributed by atoms with E-state index in [4.69, 9.17) is 5.73 Å². The molecule has 3 heteroatoms. The first-order valence-electron chi connectivity index (χ1n) is 5.93. The molecule has 0 fully saturated rings. The van der Waals surface area contributed by atoms with Crippen molar-refractivity contribution in [1.29, 1.82) is 0 Å². The molecule has 2 N–H and O–H groups in total. The lowest BCUT2D eigenvalue weighted by atomic mass is 10.1. The molecule has 0 radical (unpaired) electrons. The Labute approximate surface area is 110 Å². The number of rotatable bonds is 4. The molecule has 18 heavy (non-hydrogen) atoms. The van der Waals surface area contributed by atoms with Gasteiger partial charge in [0, 0.05) is 16.7 Å². The minimum absolute atomic E-state index is 0.188. The third kappa shape index (κ3) is 3.06. The molecule has 0 heterocycles. The van der Waals surface area contributed by atoms with E-state index in [0.29, 0.717) is 5.75 Å². The zero-order valence-corrected chi connectivity index (χ0v) is 11.2. The summed E-state index contributed by atoms with van der Waals surface area (Å²) in [4.78, 5) is 0.879. The van der Waals surface area contributed by atoms with E-state index in [9.17, 15) is 4.21 Å². The molecular weight excluding hydrogens is 242 g/mol. The first-order chi connectivity index (χ1) is 8.68. The summed E-state index contributed by atoms with van der Waals surface area (Å²) in [6.45, 7) is 1.97. The largest absolute Gasteiger partial charge is 0.323 e. The van der Waals surface area contributed by atoms with Crippen LogP contribution in [0.25, 0.3) is 0 Å². The fraction of sp³-hybridized carbons (Fsp3) is 0.200. The van der Waals surface area contributed by atoms with E-state index in [1.165, 1.54) is 0 Å². The number of hydrogen-bond donors (Lipinski definition) is 1. The van der Waals surface area contributed by atoms with Gasteiger partial charge in [-0.25, -0.2) is 0 Å². The van der Waals surface area contributed by atoms with Gasteiger partial charge in [-0.3, -0.25) is 4.21 Å². The highest BCUT2D eigenvalue weighted by Gasteiger charge is 2.13. The van der Waals surface area contributed by atoms with Crippen LogP contribution in [-0.2, 0) is 10.8 Å². The van der Waals surface area contributed by atoms with Crippen molar-refractivity contribution in [2.75, 3.05) is 5.75 Å². The van der Waals surface area contributed by atoms with Crippen LogP contribution < -0.4 is 5.73 Å². The third-order valence-corrected chi connectivity index (χ3v) is 4.51. The lowest BCUT2D eigenvalue weighted by Crippen LogP contribution is -2.18. The molecule has 0 spiro atoms. The molecule has 0 aliphatic carbocycles. The van der Waals surface area contributed by atoms with Gasteiger partial charge in [-0.15, -0.1) is 0 Å². The minimum atomic E-state index is -1.05. The molecule has 0 saturated heterocycles. The van der Waals surface area contributed by atoms with Crippen LogP contribution >= 0.6 is 0 Å². The monoisotopic (exact) mass is 259 g/mol. The second kappa shape index (κ2) is 5.94. The third-order valence-electron chi connectivity index (χ3n) is 2.90. The molecule has 0 aliphatic rings. The Morgan fingerprint density at radius 2 is 1.67 bits per heavy atom. The van der Waals surface area contributed by atoms with Crippen LogP contribution in [0.15, 0.2) is 59.5 Å². The van der Waals surface area contributed by atoms with E-state index in [2.05, 4.69) is 0 Å². The van der Waals surface area contributed by atoms with Crippen molar-refractivity contribution in [3.63, 3.8) is 0 Å². The van der Waals surface area contributed by atoms with E-state index >= 15 is 0 Å². The van der Waals surface area contributed by atoms with E-state index in [1.54, 1.807) is 0 Å². The molecule has 2 aromatic carbocycles. The van der Waals surface area contributed by atoms with Crippen LogP contribution in [0.1, 0.15) is 17.2 Å². The van der Waals surface area contributed by atoms with Crippen LogP contribution in [0.3, 0.4) is 0 Å². The Hall–Kier alpha value is -1.45. The van der Waals surface area contributed by atoms with Crippen molar-refractivity contribution in [3.05, 3.63) is 65.7 Å². The van der Waals surface area contributed by atoms with Crippen LogP contribution in [0.4, 0.5) is 0 Å². The Bertz CT molecular complexity index is 539. The molecular formula is C15H17NOS. The van der Waals surface area contributed by atoms with Crippen LogP contribution in [-0.4, -0.2) is 9.96 Å². The number of benzene rings is 2. The Morgan fingerprint density at radius 3 is 2.33 bits per heavy atom. The molecule has 2 aromatic rings. The predicted molar refractivity (Wildman–Crippen MR) is 75.8 cm³/mol. The van der Waals surface area contributed by atoms with Gasteiger partial charge in [-0.05, 0) is 24.1 Å². The Balaban J connectivity index is 2.11. The van der Waals surface area contributed by atoms with Crippen molar-refractivity contribution in [3.8, 4) is 0 Å². The van der Waals surface area contributed by atoms with Gasteiger partial charge < -0.3 is 5.73 Å². The van der Waals surface area contributed by atoms with Crippen molar-refractivity contribution < 1.29 is 4.21 Å². The van der Waals surface area contributed by atoms with Crippen molar-refractivity contribution >= 4 is 10.8 Å². The highest BCUT2D eigenvalue weighted by Crippen LogP contribution is 2.17. The summed E-state index contributed by atoms with van der Waals surface area (Å²) in [5, 5.41) is 0. The summed E-state index contributed by atoms with van der Waals surface area (Å²) < 4.78 is 12.3. The summed E-state index contributed by atoms with van der Waals surface area (Å²) in [5.41, 5.74) is 8.17. The molecule has 0 bridgehead atoms. The molecule has 2 unspecified atom stereocenters. The van der Waals surface area contributed by atoms with E-state index in [1.807, 2.05) is 61.5 Å². The number of aryl methyl sites for hydroxylation is 1. The molecule has 0 saturated carbocycles. The quantitative estimate of drug-likeness (QED) is 0.917. The van der Waals surface area contributed by atoms with Crippen LogP contribution in [0, 0.1) is 6.92 Å². The first-order valence-corrected chi connectivity index (χ1v) is 7.25. The second-order valence-electron chi connectivity index (χ2n) is 4.29. The van der Waals surface area contributed by atoms with Gasteiger partial charge in [-0.2, -0.15) is 0 Å². The molecule has 2 atom stereocenters.